The fraction of sp³-hybridized carbons (Fsp3) is 0.286. The number of nitrogens with one attached hydrogen (secondary N) is 1. The van der Waals surface area contributed by atoms with Crippen molar-refractivity contribution in [1.29, 1.82) is 0 Å². The van der Waals surface area contributed by atoms with E-state index < -0.39 is 5.97 Å². The smallest absolute Gasteiger partial charge is 0.335 e. The molecule has 0 atom stereocenters. The number of carboxylic acid groups (broad SMARTS) is 1. The van der Waals surface area contributed by atoms with Gasteiger partial charge in [-0.15, -0.1) is 0 Å². The minimum Gasteiger partial charge on any atom is -0.478 e. The second-order valence-corrected chi connectivity index (χ2v) is 6.81. The Balaban J connectivity index is 1.47. The Hall–Kier alpha value is -3.22. The zero-order valence-electron chi connectivity index (χ0n) is 15.2. The molecule has 146 valence electrons. The maximum atomic E-state index is 12.9. The number of carboxylic acids is 1. The zero-order chi connectivity index (χ0) is 20.1. The molecule has 1 aliphatic heterocycles. The third-order valence-corrected chi connectivity index (χ3v) is 4.85. The van der Waals surface area contributed by atoms with E-state index in [9.17, 15) is 18.8 Å². The molecule has 0 bridgehead atoms. The van der Waals surface area contributed by atoms with Crippen LogP contribution in [0.3, 0.4) is 0 Å². The van der Waals surface area contributed by atoms with E-state index in [1.165, 1.54) is 36.4 Å². The van der Waals surface area contributed by atoms with Gasteiger partial charge in [0.05, 0.1) is 12.0 Å². The largest absolute Gasteiger partial charge is 0.478 e. The van der Waals surface area contributed by atoms with Crippen LogP contribution in [0.25, 0.3) is 0 Å². The van der Waals surface area contributed by atoms with Gasteiger partial charge >= 0.3 is 5.97 Å². The Morgan fingerprint density at radius 1 is 0.964 bits per heavy atom. The van der Waals surface area contributed by atoms with E-state index in [0.717, 1.165) is 5.56 Å². The molecule has 2 amide bonds. The number of benzene rings is 2. The number of piperidine rings is 1. The van der Waals surface area contributed by atoms with E-state index in [1.807, 2.05) is 0 Å². The summed E-state index contributed by atoms with van der Waals surface area (Å²) in [6.07, 6.45) is 1.51. The lowest BCUT2D eigenvalue weighted by Gasteiger charge is -2.32. The van der Waals surface area contributed by atoms with Gasteiger partial charge in [0.25, 0.3) is 5.91 Å². The highest BCUT2D eigenvalue weighted by atomic mass is 19.1. The van der Waals surface area contributed by atoms with E-state index >= 15 is 0 Å². The number of rotatable bonds is 5. The first-order valence-electron chi connectivity index (χ1n) is 9.09. The Kier molecular flexibility index (Phi) is 6.03. The Morgan fingerprint density at radius 2 is 1.54 bits per heavy atom. The van der Waals surface area contributed by atoms with Crippen molar-refractivity contribution in [1.82, 2.24) is 10.2 Å². The number of amides is 2. The minimum absolute atomic E-state index is 0.0219. The summed E-state index contributed by atoms with van der Waals surface area (Å²) in [5.74, 6) is -1.65. The van der Waals surface area contributed by atoms with Gasteiger partial charge in [-0.2, -0.15) is 0 Å². The summed E-state index contributed by atoms with van der Waals surface area (Å²) < 4.78 is 12.9. The predicted octanol–water partition coefficient (Wildman–Crippen LogP) is 2.49. The van der Waals surface area contributed by atoms with E-state index in [4.69, 9.17) is 5.11 Å². The van der Waals surface area contributed by atoms with Gasteiger partial charge in [-0.1, -0.05) is 12.1 Å². The van der Waals surface area contributed by atoms with Gasteiger partial charge in [-0.05, 0) is 54.8 Å². The molecule has 0 aliphatic carbocycles. The van der Waals surface area contributed by atoms with E-state index in [0.29, 0.717) is 31.5 Å². The molecule has 2 N–H and O–H groups in total. The maximum Gasteiger partial charge on any atom is 0.335 e. The summed E-state index contributed by atoms with van der Waals surface area (Å²) >= 11 is 0. The minimum atomic E-state index is -0.998. The van der Waals surface area contributed by atoms with Crippen molar-refractivity contribution in [2.24, 2.45) is 0 Å². The van der Waals surface area contributed by atoms with Gasteiger partial charge < -0.3 is 15.3 Å². The number of likely N-dealkylation sites (tertiary alicyclic amines) is 1. The third kappa shape index (κ3) is 4.94. The molecular formula is C21H21FN2O4. The van der Waals surface area contributed by atoms with Crippen molar-refractivity contribution < 1.29 is 23.9 Å². The van der Waals surface area contributed by atoms with E-state index in [-0.39, 0.29) is 35.7 Å². The Morgan fingerprint density at radius 3 is 2.11 bits per heavy atom. The summed E-state index contributed by atoms with van der Waals surface area (Å²) in [6.45, 7) is 1.08. The van der Waals surface area contributed by atoms with Crippen LogP contribution >= 0.6 is 0 Å². The molecule has 0 unspecified atom stereocenters. The second kappa shape index (κ2) is 8.65. The topological polar surface area (TPSA) is 86.7 Å². The van der Waals surface area contributed by atoms with Gasteiger partial charge in [-0.3, -0.25) is 9.59 Å². The van der Waals surface area contributed by atoms with Crippen molar-refractivity contribution >= 4 is 17.8 Å². The van der Waals surface area contributed by atoms with Crippen LogP contribution < -0.4 is 5.32 Å². The highest BCUT2D eigenvalue weighted by Crippen LogP contribution is 2.14. The van der Waals surface area contributed by atoms with Crippen LogP contribution in [0.15, 0.2) is 48.5 Å². The van der Waals surface area contributed by atoms with Crippen LogP contribution in [0.4, 0.5) is 4.39 Å². The first-order valence-corrected chi connectivity index (χ1v) is 9.09. The molecule has 28 heavy (non-hydrogen) atoms. The highest BCUT2D eigenvalue weighted by molar-refractivity contribution is 5.94. The van der Waals surface area contributed by atoms with Crippen molar-refractivity contribution in [3.63, 3.8) is 0 Å². The molecule has 6 nitrogen and oxygen atoms in total. The van der Waals surface area contributed by atoms with Crippen LogP contribution in [-0.4, -0.2) is 46.9 Å². The number of halogens is 1. The fourth-order valence-electron chi connectivity index (χ4n) is 3.19. The Bertz CT molecular complexity index is 857. The average Bonchev–Trinajstić information content (AvgIpc) is 2.69. The molecule has 1 heterocycles. The second-order valence-electron chi connectivity index (χ2n) is 6.81. The molecule has 0 saturated carbocycles. The molecule has 2 aromatic rings. The van der Waals surface area contributed by atoms with Crippen molar-refractivity contribution in [3.05, 3.63) is 71.0 Å². The van der Waals surface area contributed by atoms with Crippen LogP contribution in [0.1, 0.15) is 39.1 Å². The van der Waals surface area contributed by atoms with Gasteiger partial charge in [0.15, 0.2) is 0 Å². The van der Waals surface area contributed by atoms with Crippen molar-refractivity contribution in [2.75, 3.05) is 13.1 Å². The molecule has 7 heteroatoms. The summed E-state index contributed by atoms with van der Waals surface area (Å²) in [5, 5.41) is 11.8. The molecule has 0 radical (unpaired) electrons. The van der Waals surface area contributed by atoms with E-state index in [2.05, 4.69) is 5.32 Å². The quantitative estimate of drug-likeness (QED) is 0.829. The Labute approximate surface area is 162 Å². The lowest BCUT2D eigenvalue weighted by atomic mass is 10.0. The first-order chi connectivity index (χ1) is 13.4. The predicted molar refractivity (Wildman–Crippen MR) is 101 cm³/mol. The SMILES string of the molecule is O=C(O)c1ccc(CC(=O)N2CCC(NC(=O)c3ccc(F)cc3)CC2)cc1. The molecule has 1 saturated heterocycles. The average molecular weight is 384 g/mol. The van der Waals surface area contributed by atoms with Gasteiger partial charge in [0, 0.05) is 24.7 Å². The molecule has 1 aliphatic rings. The zero-order valence-corrected chi connectivity index (χ0v) is 15.2. The van der Waals surface area contributed by atoms with Crippen molar-refractivity contribution in [2.45, 2.75) is 25.3 Å². The number of carbonyl (C=O) groups excluding carboxylic acids is 2. The number of hydrogen-bond donors (Lipinski definition) is 2. The highest BCUT2D eigenvalue weighted by Gasteiger charge is 2.24. The van der Waals surface area contributed by atoms with Crippen LogP contribution in [-0.2, 0) is 11.2 Å². The van der Waals surface area contributed by atoms with Gasteiger partial charge in [-0.25, -0.2) is 9.18 Å². The van der Waals surface area contributed by atoms with Crippen LogP contribution in [0.5, 0.6) is 0 Å². The molecule has 3 rings (SSSR count). The molecule has 0 spiro atoms. The van der Waals surface area contributed by atoms with Crippen molar-refractivity contribution in [3.8, 4) is 0 Å². The summed E-state index contributed by atoms with van der Waals surface area (Å²) in [4.78, 5) is 37.3. The van der Waals surface area contributed by atoms with E-state index in [1.54, 1.807) is 17.0 Å². The number of hydrogen-bond acceptors (Lipinski definition) is 3. The first kappa shape index (κ1) is 19.5. The lowest BCUT2D eigenvalue weighted by molar-refractivity contribution is -0.131. The normalized spacial score (nSPS) is 14.5. The maximum absolute atomic E-state index is 12.9. The van der Waals surface area contributed by atoms with Gasteiger partial charge in [0.1, 0.15) is 5.82 Å². The third-order valence-electron chi connectivity index (χ3n) is 4.85. The molecule has 0 aromatic heterocycles. The van der Waals surface area contributed by atoms with Gasteiger partial charge in [0.2, 0.25) is 5.91 Å². The monoisotopic (exact) mass is 384 g/mol. The number of carbonyl (C=O) groups is 3. The van der Waals surface area contributed by atoms with Crippen LogP contribution in [0.2, 0.25) is 0 Å². The molecular weight excluding hydrogens is 363 g/mol. The van der Waals surface area contributed by atoms with Crippen LogP contribution in [0, 0.1) is 5.82 Å². The molecule has 2 aromatic carbocycles. The lowest BCUT2D eigenvalue weighted by Crippen LogP contribution is -2.47. The fourth-order valence-corrected chi connectivity index (χ4v) is 3.19. The summed E-state index contributed by atoms with van der Waals surface area (Å²) in [6, 6.07) is 11.6. The standard InChI is InChI=1S/C21H21FN2O4/c22-17-7-5-15(6-8-17)20(26)23-18-9-11-24(12-10-18)19(25)13-14-1-3-16(4-2-14)21(27)28/h1-8,18H,9-13H2,(H,23,26)(H,27,28). The number of aromatic carboxylic acids is 1. The number of nitrogens with zero attached hydrogens (tertiary/aromatic N) is 1. The summed E-state index contributed by atoms with van der Waals surface area (Å²) in [5.41, 5.74) is 1.36. The molecule has 1 fully saturated rings. The summed E-state index contributed by atoms with van der Waals surface area (Å²) in [7, 11) is 0.